The largest absolute Gasteiger partial charge is 0.573 e. The highest BCUT2D eigenvalue weighted by Gasteiger charge is 2.31. The Bertz CT molecular complexity index is 1410. The maximum absolute atomic E-state index is 13.1. The molecular formula is C25H24F3N5O4. The van der Waals surface area contributed by atoms with Gasteiger partial charge < -0.3 is 19.2 Å². The standard InChI is InChI=1S/C25H24F3N5O4/c1-35-22-5-3-17(37-25(26,27)28)12-18(22)21(34)11-16-13-29-32-23(16)24-30-19-4-2-15(10-20(19)31-24)14-33-6-8-36-9-7-33/h2-5,10,12-13H,6-9,11,14H2,1H3,(H,29,32)(H,30,31). The second-order valence-electron chi connectivity index (χ2n) is 8.61. The van der Waals surface area contributed by atoms with Crippen molar-refractivity contribution < 1.29 is 32.2 Å². The van der Waals surface area contributed by atoms with E-state index in [4.69, 9.17) is 9.47 Å². The average Bonchev–Trinajstić information content (AvgIpc) is 3.50. The van der Waals surface area contributed by atoms with Crippen molar-refractivity contribution >= 4 is 16.8 Å². The molecule has 3 heterocycles. The van der Waals surface area contributed by atoms with Gasteiger partial charge in [-0.15, -0.1) is 13.2 Å². The molecule has 9 nitrogen and oxygen atoms in total. The molecule has 4 aromatic rings. The number of imidazole rings is 1. The first-order chi connectivity index (χ1) is 17.8. The summed E-state index contributed by atoms with van der Waals surface area (Å²) in [6.07, 6.45) is -3.53. The summed E-state index contributed by atoms with van der Waals surface area (Å²) in [6, 6.07) is 9.38. The molecule has 12 heteroatoms. The van der Waals surface area contributed by atoms with Gasteiger partial charge in [0.2, 0.25) is 0 Å². The van der Waals surface area contributed by atoms with Gasteiger partial charge in [-0.3, -0.25) is 14.8 Å². The van der Waals surface area contributed by atoms with Gasteiger partial charge in [0.05, 0.1) is 43.1 Å². The molecule has 1 aliphatic heterocycles. The molecular weight excluding hydrogens is 491 g/mol. The highest BCUT2D eigenvalue weighted by molar-refractivity contribution is 6.01. The number of Topliss-reactive ketones (excluding diaryl/α,β-unsaturated/α-hetero) is 1. The van der Waals surface area contributed by atoms with Crippen LogP contribution in [0, 0.1) is 0 Å². The van der Waals surface area contributed by atoms with Crippen molar-refractivity contribution in [3.8, 4) is 23.0 Å². The number of nitrogens with zero attached hydrogens (tertiary/aromatic N) is 3. The third-order valence-corrected chi connectivity index (χ3v) is 6.07. The van der Waals surface area contributed by atoms with Crippen LogP contribution in [-0.4, -0.2) is 70.6 Å². The molecule has 2 aromatic carbocycles. The fourth-order valence-corrected chi connectivity index (χ4v) is 4.31. The molecule has 0 amide bonds. The van der Waals surface area contributed by atoms with Crippen LogP contribution in [0.3, 0.4) is 0 Å². The highest BCUT2D eigenvalue weighted by Crippen LogP contribution is 2.30. The van der Waals surface area contributed by atoms with Gasteiger partial charge in [-0.25, -0.2) is 4.98 Å². The monoisotopic (exact) mass is 515 g/mol. The number of carbonyl (C=O) groups excluding carboxylic acids is 1. The number of benzene rings is 2. The molecule has 0 bridgehead atoms. The zero-order valence-corrected chi connectivity index (χ0v) is 19.9. The zero-order chi connectivity index (χ0) is 26.0. The minimum absolute atomic E-state index is 0.0336. The van der Waals surface area contributed by atoms with Gasteiger partial charge in [0.15, 0.2) is 11.6 Å². The Balaban J connectivity index is 1.37. The Hall–Kier alpha value is -3.90. The molecule has 2 aromatic heterocycles. The van der Waals surface area contributed by atoms with Gasteiger partial charge in [-0.1, -0.05) is 6.07 Å². The maximum Gasteiger partial charge on any atom is 0.573 e. The number of hydrogen-bond donors (Lipinski definition) is 2. The summed E-state index contributed by atoms with van der Waals surface area (Å²) in [7, 11) is 1.33. The molecule has 0 atom stereocenters. The molecule has 0 spiro atoms. The number of hydrogen-bond acceptors (Lipinski definition) is 7. The lowest BCUT2D eigenvalue weighted by Gasteiger charge is -2.26. The quantitative estimate of drug-likeness (QED) is 0.340. The van der Waals surface area contributed by atoms with Crippen molar-refractivity contribution in [1.82, 2.24) is 25.1 Å². The fraction of sp³-hybridized carbons (Fsp3) is 0.320. The Kier molecular flexibility index (Phi) is 6.85. The van der Waals surface area contributed by atoms with Gasteiger partial charge in [0.25, 0.3) is 0 Å². The summed E-state index contributed by atoms with van der Waals surface area (Å²) >= 11 is 0. The summed E-state index contributed by atoms with van der Waals surface area (Å²) in [5.74, 6) is -0.327. The summed E-state index contributed by atoms with van der Waals surface area (Å²) in [4.78, 5) is 23.3. The van der Waals surface area contributed by atoms with Crippen LogP contribution in [0.15, 0.2) is 42.6 Å². The Morgan fingerprint density at radius 2 is 1.97 bits per heavy atom. The lowest BCUT2D eigenvalue weighted by Crippen LogP contribution is -2.35. The summed E-state index contributed by atoms with van der Waals surface area (Å²) in [5.41, 5.74) is 3.74. The summed E-state index contributed by atoms with van der Waals surface area (Å²) < 4.78 is 52.5. The lowest BCUT2D eigenvalue weighted by atomic mass is 10.0. The Morgan fingerprint density at radius 1 is 1.16 bits per heavy atom. The van der Waals surface area contributed by atoms with Gasteiger partial charge >= 0.3 is 6.36 Å². The van der Waals surface area contributed by atoms with E-state index in [9.17, 15) is 18.0 Å². The molecule has 0 saturated carbocycles. The number of ketones is 1. The second-order valence-corrected chi connectivity index (χ2v) is 8.61. The predicted molar refractivity (Wildman–Crippen MR) is 127 cm³/mol. The Morgan fingerprint density at radius 3 is 2.73 bits per heavy atom. The van der Waals surface area contributed by atoms with Gasteiger partial charge in [0.1, 0.15) is 17.2 Å². The van der Waals surface area contributed by atoms with E-state index in [0.717, 1.165) is 61.6 Å². The molecule has 194 valence electrons. The van der Waals surface area contributed by atoms with Crippen LogP contribution in [-0.2, 0) is 17.7 Å². The van der Waals surface area contributed by atoms with E-state index >= 15 is 0 Å². The number of carbonyl (C=O) groups is 1. The first kappa shape index (κ1) is 24.8. The number of fused-ring (bicyclic) bond motifs is 1. The molecule has 2 N–H and O–H groups in total. The van der Waals surface area contributed by atoms with Crippen molar-refractivity contribution in [3.63, 3.8) is 0 Å². The van der Waals surface area contributed by atoms with Gasteiger partial charge in [-0.2, -0.15) is 5.10 Å². The van der Waals surface area contributed by atoms with Crippen LogP contribution in [0.25, 0.3) is 22.6 Å². The molecule has 0 radical (unpaired) electrons. The average molecular weight is 515 g/mol. The molecule has 5 rings (SSSR count). The van der Waals surface area contributed by atoms with E-state index in [2.05, 4.69) is 29.8 Å². The number of alkyl halides is 3. The molecule has 1 saturated heterocycles. The third-order valence-electron chi connectivity index (χ3n) is 6.07. The number of aromatic amines is 2. The smallest absolute Gasteiger partial charge is 0.496 e. The van der Waals surface area contributed by atoms with E-state index in [-0.39, 0.29) is 17.7 Å². The van der Waals surface area contributed by atoms with E-state index < -0.39 is 17.9 Å². The van der Waals surface area contributed by atoms with E-state index in [1.165, 1.54) is 19.4 Å². The first-order valence-corrected chi connectivity index (χ1v) is 11.6. The van der Waals surface area contributed by atoms with Crippen molar-refractivity contribution in [3.05, 3.63) is 59.3 Å². The van der Waals surface area contributed by atoms with Crippen LogP contribution < -0.4 is 9.47 Å². The molecule has 0 aliphatic carbocycles. The van der Waals surface area contributed by atoms with Crippen molar-refractivity contribution in [2.45, 2.75) is 19.3 Å². The number of ether oxygens (including phenoxy) is 3. The van der Waals surface area contributed by atoms with Gasteiger partial charge in [-0.05, 0) is 35.9 Å². The van der Waals surface area contributed by atoms with Crippen molar-refractivity contribution in [2.24, 2.45) is 0 Å². The summed E-state index contributed by atoms with van der Waals surface area (Å²) in [6.45, 7) is 4.02. The lowest BCUT2D eigenvalue weighted by molar-refractivity contribution is -0.274. The third kappa shape index (κ3) is 5.75. The van der Waals surface area contributed by atoms with Gasteiger partial charge in [0, 0.05) is 31.6 Å². The number of halogens is 3. The molecule has 1 fully saturated rings. The SMILES string of the molecule is COc1ccc(OC(F)(F)F)cc1C(=O)Cc1cn[nH]c1-c1nc2ccc(CN3CCOCC3)cc2[nH]1. The van der Waals surface area contributed by atoms with Crippen molar-refractivity contribution in [2.75, 3.05) is 33.4 Å². The molecule has 0 unspecified atom stereocenters. The van der Waals surface area contributed by atoms with Crippen LogP contribution in [0.4, 0.5) is 13.2 Å². The Labute approximate surface area is 209 Å². The van der Waals surface area contributed by atoms with Crippen molar-refractivity contribution in [1.29, 1.82) is 0 Å². The number of nitrogens with one attached hydrogen (secondary N) is 2. The van der Waals surface area contributed by atoms with Crippen LogP contribution in [0.1, 0.15) is 21.5 Å². The summed E-state index contributed by atoms with van der Waals surface area (Å²) in [5, 5.41) is 6.93. The minimum Gasteiger partial charge on any atom is -0.496 e. The van der Waals surface area contributed by atoms with Crippen LogP contribution >= 0.6 is 0 Å². The number of methoxy groups -OCH3 is 1. The number of aromatic nitrogens is 4. The molecule has 37 heavy (non-hydrogen) atoms. The first-order valence-electron chi connectivity index (χ1n) is 11.6. The molecule has 1 aliphatic rings. The van der Waals surface area contributed by atoms with Crippen LogP contribution in [0.5, 0.6) is 11.5 Å². The topological polar surface area (TPSA) is 105 Å². The van der Waals surface area contributed by atoms with E-state index in [1.54, 1.807) is 0 Å². The van der Waals surface area contributed by atoms with E-state index in [1.807, 2.05) is 18.2 Å². The number of H-pyrrole nitrogens is 2. The highest BCUT2D eigenvalue weighted by atomic mass is 19.4. The fourth-order valence-electron chi connectivity index (χ4n) is 4.31. The predicted octanol–water partition coefficient (Wildman–Crippen LogP) is 4.12. The number of morpholine rings is 1. The number of rotatable bonds is 8. The van der Waals surface area contributed by atoms with Crippen LogP contribution in [0.2, 0.25) is 0 Å². The normalized spacial score (nSPS) is 14.7. The minimum atomic E-state index is -4.88. The second kappa shape index (κ2) is 10.2. The zero-order valence-electron chi connectivity index (χ0n) is 19.9. The van der Waals surface area contributed by atoms with E-state index in [0.29, 0.717) is 17.1 Å². The maximum atomic E-state index is 13.1.